The van der Waals surface area contributed by atoms with Crippen LogP contribution in [0.5, 0.6) is 0 Å². The molecule has 0 saturated carbocycles. The molecule has 7 nitrogen and oxygen atoms in total. The lowest BCUT2D eigenvalue weighted by Crippen LogP contribution is -2.29. The molecule has 4 aromatic rings. The van der Waals surface area contributed by atoms with E-state index in [4.69, 9.17) is 0 Å². The highest BCUT2D eigenvalue weighted by molar-refractivity contribution is 9.10. The first-order valence-electron chi connectivity index (χ1n) is 10.8. The Balaban J connectivity index is 1.57. The maximum absolute atomic E-state index is 13.4. The van der Waals surface area contributed by atoms with Gasteiger partial charge in [-0.2, -0.15) is 0 Å². The molecule has 0 spiro atoms. The molecule has 1 saturated heterocycles. The van der Waals surface area contributed by atoms with Gasteiger partial charge >= 0.3 is 0 Å². The normalized spacial score (nSPS) is 16.3. The lowest BCUT2D eigenvalue weighted by Gasteiger charge is -2.15. The summed E-state index contributed by atoms with van der Waals surface area (Å²) in [4.78, 5) is 18.9. The Morgan fingerprint density at radius 1 is 1.12 bits per heavy atom. The van der Waals surface area contributed by atoms with E-state index < -0.39 is 16.1 Å². The van der Waals surface area contributed by atoms with Crippen LogP contribution in [0.25, 0.3) is 22.2 Å². The summed E-state index contributed by atoms with van der Waals surface area (Å²) in [6, 6.07) is 15.6. The van der Waals surface area contributed by atoms with Gasteiger partial charge in [0.15, 0.2) is 5.65 Å². The smallest absolute Gasteiger partial charge is 0.269 e. The SMILES string of the molecule is Cc1ccc(S(=O)(=O)n2cc(-c3ccc(C(=O)N4CC[C@H](O)C4)cc3)c3cc(Br)cnc32)cc1. The molecule has 0 radical (unpaired) electrons. The summed E-state index contributed by atoms with van der Waals surface area (Å²) in [5, 5.41) is 10.4. The van der Waals surface area contributed by atoms with Crippen molar-refractivity contribution in [3.8, 4) is 11.1 Å². The minimum Gasteiger partial charge on any atom is -0.391 e. The fourth-order valence-electron chi connectivity index (χ4n) is 4.19. The Morgan fingerprint density at radius 2 is 1.82 bits per heavy atom. The molecule has 1 aliphatic heterocycles. The Morgan fingerprint density at radius 3 is 2.47 bits per heavy atom. The number of benzene rings is 2. The molecule has 9 heteroatoms. The number of carbonyl (C=O) groups excluding carboxylic acids is 1. The Labute approximate surface area is 205 Å². The minimum atomic E-state index is -3.87. The van der Waals surface area contributed by atoms with Crippen molar-refractivity contribution in [1.29, 1.82) is 0 Å². The zero-order valence-corrected chi connectivity index (χ0v) is 20.8. The summed E-state index contributed by atoms with van der Waals surface area (Å²) < 4.78 is 28.8. The first kappa shape index (κ1) is 22.8. The summed E-state index contributed by atoms with van der Waals surface area (Å²) in [7, 11) is -3.87. The maximum atomic E-state index is 13.4. The summed E-state index contributed by atoms with van der Waals surface area (Å²) >= 11 is 3.43. The molecule has 1 atom stereocenters. The van der Waals surface area contributed by atoms with E-state index in [1.165, 1.54) is 3.97 Å². The van der Waals surface area contributed by atoms with Gasteiger partial charge in [-0.1, -0.05) is 29.8 Å². The van der Waals surface area contributed by atoms with Gasteiger partial charge in [-0.15, -0.1) is 0 Å². The second-order valence-electron chi connectivity index (χ2n) is 8.45. The van der Waals surface area contributed by atoms with Crippen molar-refractivity contribution >= 4 is 42.9 Å². The van der Waals surface area contributed by atoms with Gasteiger partial charge < -0.3 is 10.0 Å². The largest absolute Gasteiger partial charge is 0.391 e. The average molecular weight is 540 g/mol. The summed E-state index contributed by atoms with van der Waals surface area (Å²) in [5.74, 6) is -0.128. The third-order valence-electron chi connectivity index (χ3n) is 6.05. The number of likely N-dealkylation sites (tertiary alicyclic amines) is 1. The van der Waals surface area contributed by atoms with Gasteiger partial charge in [-0.25, -0.2) is 17.4 Å². The fourth-order valence-corrected chi connectivity index (χ4v) is 5.85. The van der Waals surface area contributed by atoms with Crippen molar-refractivity contribution in [3.05, 3.63) is 82.6 Å². The van der Waals surface area contributed by atoms with E-state index in [1.54, 1.807) is 65.8 Å². The minimum absolute atomic E-state index is 0.128. The highest BCUT2D eigenvalue weighted by Gasteiger charge is 2.26. The molecule has 174 valence electrons. The van der Waals surface area contributed by atoms with Crippen molar-refractivity contribution < 1.29 is 18.3 Å². The van der Waals surface area contributed by atoms with Crippen LogP contribution in [-0.2, 0) is 10.0 Å². The molecule has 1 amide bonds. The average Bonchev–Trinajstić information content (AvgIpc) is 3.43. The molecule has 1 aliphatic rings. The zero-order valence-electron chi connectivity index (χ0n) is 18.3. The maximum Gasteiger partial charge on any atom is 0.269 e. The van der Waals surface area contributed by atoms with Crippen LogP contribution in [0.1, 0.15) is 22.3 Å². The Hall–Kier alpha value is -3.01. The van der Waals surface area contributed by atoms with Crippen LogP contribution >= 0.6 is 15.9 Å². The second kappa shape index (κ2) is 8.65. The number of nitrogens with zero attached hydrogens (tertiary/aromatic N) is 3. The number of aryl methyl sites for hydroxylation is 1. The molecule has 5 rings (SSSR count). The van der Waals surface area contributed by atoms with E-state index in [2.05, 4.69) is 20.9 Å². The third-order valence-corrected chi connectivity index (χ3v) is 8.15. The van der Waals surface area contributed by atoms with Crippen molar-refractivity contribution in [3.63, 3.8) is 0 Å². The van der Waals surface area contributed by atoms with Crippen molar-refractivity contribution in [2.24, 2.45) is 0 Å². The van der Waals surface area contributed by atoms with Crippen molar-refractivity contribution in [2.45, 2.75) is 24.3 Å². The number of carbonyl (C=O) groups is 1. The lowest BCUT2D eigenvalue weighted by atomic mass is 10.0. The van der Waals surface area contributed by atoms with Gasteiger partial charge in [-0.3, -0.25) is 4.79 Å². The number of β-amino-alcohol motifs (C(OH)–C–C–N with tert-alkyl or cyclic N) is 1. The van der Waals surface area contributed by atoms with Crippen LogP contribution in [0.2, 0.25) is 0 Å². The molecule has 2 aromatic heterocycles. The molecule has 1 N–H and O–H groups in total. The van der Waals surface area contributed by atoms with E-state index in [9.17, 15) is 18.3 Å². The molecular formula is C25H22BrN3O4S. The lowest BCUT2D eigenvalue weighted by molar-refractivity contribution is 0.0765. The number of aromatic nitrogens is 2. The topological polar surface area (TPSA) is 92.5 Å². The number of halogens is 1. The predicted octanol–water partition coefficient (Wildman–Crippen LogP) is 4.22. The van der Waals surface area contributed by atoms with Crippen LogP contribution in [0, 0.1) is 6.92 Å². The van der Waals surface area contributed by atoms with Crippen LogP contribution in [-0.4, -0.2) is 52.5 Å². The number of pyridine rings is 1. The molecular weight excluding hydrogens is 518 g/mol. The molecule has 0 bridgehead atoms. The number of hydrogen-bond donors (Lipinski definition) is 1. The van der Waals surface area contributed by atoms with Gasteiger partial charge in [0.1, 0.15) is 0 Å². The van der Waals surface area contributed by atoms with Crippen LogP contribution in [0.4, 0.5) is 0 Å². The van der Waals surface area contributed by atoms with Crippen molar-refractivity contribution in [2.75, 3.05) is 13.1 Å². The van der Waals surface area contributed by atoms with E-state index in [0.717, 1.165) is 15.6 Å². The standard InChI is InChI=1S/C25H22BrN3O4S/c1-16-2-8-21(9-3-16)34(32,33)29-15-23(22-12-19(26)13-27-24(22)29)17-4-6-18(7-5-17)25(31)28-11-10-20(30)14-28/h2-9,12-13,15,20,30H,10-11,14H2,1H3/t20-/m0/s1. The van der Waals surface area contributed by atoms with Crippen LogP contribution in [0.15, 0.2) is 76.4 Å². The Kier molecular flexibility index (Phi) is 5.79. The quantitative estimate of drug-likeness (QED) is 0.419. The second-order valence-corrected chi connectivity index (χ2v) is 11.2. The third kappa shape index (κ3) is 4.04. The fraction of sp³-hybridized carbons (Fsp3) is 0.200. The van der Waals surface area contributed by atoms with Gasteiger partial charge in [0, 0.05) is 46.5 Å². The number of hydrogen-bond acceptors (Lipinski definition) is 5. The molecule has 0 unspecified atom stereocenters. The van der Waals surface area contributed by atoms with Crippen molar-refractivity contribution in [1.82, 2.24) is 13.9 Å². The molecule has 3 heterocycles. The van der Waals surface area contributed by atoms with E-state index >= 15 is 0 Å². The van der Waals surface area contributed by atoms with E-state index in [0.29, 0.717) is 41.7 Å². The zero-order chi connectivity index (χ0) is 24.0. The van der Waals surface area contributed by atoms with Gasteiger partial charge in [0.05, 0.1) is 11.0 Å². The first-order chi connectivity index (χ1) is 16.2. The van der Waals surface area contributed by atoms with Gasteiger partial charge in [0.25, 0.3) is 15.9 Å². The summed E-state index contributed by atoms with van der Waals surface area (Å²) in [6.45, 7) is 2.77. The number of amides is 1. The van der Waals surface area contributed by atoms with Crippen LogP contribution < -0.4 is 0 Å². The first-order valence-corrected chi connectivity index (χ1v) is 13.0. The van der Waals surface area contributed by atoms with Gasteiger partial charge in [0.2, 0.25) is 0 Å². The van der Waals surface area contributed by atoms with Crippen LogP contribution in [0.3, 0.4) is 0 Å². The molecule has 2 aromatic carbocycles. The predicted molar refractivity (Wildman–Crippen MR) is 133 cm³/mol. The van der Waals surface area contributed by atoms with Gasteiger partial charge in [-0.05, 0) is 65.2 Å². The highest BCUT2D eigenvalue weighted by atomic mass is 79.9. The molecule has 34 heavy (non-hydrogen) atoms. The summed E-state index contributed by atoms with van der Waals surface area (Å²) in [6.07, 6.45) is 3.25. The van der Waals surface area contributed by atoms with E-state index in [1.807, 2.05) is 13.0 Å². The Bertz CT molecular complexity index is 1500. The monoisotopic (exact) mass is 539 g/mol. The molecule has 0 aliphatic carbocycles. The number of aliphatic hydroxyl groups excluding tert-OH is 1. The van der Waals surface area contributed by atoms with E-state index in [-0.39, 0.29) is 10.8 Å². The molecule has 1 fully saturated rings. The summed E-state index contributed by atoms with van der Waals surface area (Å²) in [5.41, 5.74) is 3.27. The number of aliphatic hydroxyl groups is 1. The number of rotatable bonds is 4. The number of fused-ring (bicyclic) bond motifs is 1. The highest BCUT2D eigenvalue weighted by Crippen LogP contribution is 2.34.